The van der Waals surface area contributed by atoms with E-state index in [2.05, 4.69) is 5.32 Å². The number of methoxy groups -OCH3 is 1. The largest absolute Gasteiger partial charge is 0.496 e. The van der Waals surface area contributed by atoms with Gasteiger partial charge in [0.25, 0.3) is 5.91 Å². The van der Waals surface area contributed by atoms with Crippen LogP contribution < -0.4 is 10.1 Å². The van der Waals surface area contributed by atoms with Crippen LogP contribution in [0.25, 0.3) is 0 Å². The van der Waals surface area contributed by atoms with Gasteiger partial charge in [0.1, 0.15) is 12.0 Å². The summed E-state index contributed by atoms with van der Waals surface area (Å²) in [5.41, 5.74) is 1.43. The third-order valence-corrected chi connectivity index (χ3v) is 3.45. The first-order chi connectivity index (χ1) is 9.24. The zero-order valence-corrected chi connectivity index (χ0v) is 11.7. The second kappa shape index (κ2) is 6.78. The maximum atomic E-state index is 12.2. The highest BCUT2D eigenvalue weighted by molar-refractivity contribution is 6.17. The highest BCUT2D eigenvalue weighted by Crippen LogP contribution is 2.22. The molecule has 1 unspecified atom stereocenters. The first-order valence-corrected chi connectivity index (χ1v) is 6.93. The maximum Gasteiger partial charge on any atom is 0.257 e. The van der Waals surface area contributed by atoms with Gasteiger partial charge < -0.3 is 14.8 Å². The molecule has 0 spiro atoms. The van der Waals surface area contributed by atoms with E-state index >= 15 is 0 Å². The summed E-state index contributed by atoms with van der Waals surface area (Å²) >= 11 is 5.77. The molecular formula is C14H18ClNO3. The van der Waals surface area contributed by atoms with Crippen LogP contribution in [-0.4, -0.2) is 25.9 Å². The van der Waals surface area contributed by atoms with Gasteiger partial charge in [0.05, 0.1) is 12.7 Å². The van der Waals surface area contributed by atoms with E-state index in [0.29, 0.717) is 23.8 Å². The van der Waals surface area contributed by atoms with Crippen molar-refractivity contribution in [2.45, 2.75) is 31.4 Å². The number of hydrogen-bond donors (Lipinski definition) is 1. The van der Waals surface area contributed by atoms with Crippen LogP contribution in [0.5, 0.6) is 5.75 Å². The molecule has 1 saturated heterocycles. The Kier molecular flexibility index (Phi) is 5.05. The first kappa shape index (κ1) is 14.2. The van der Waals surface area contributed by atoms with Crippen molar-refractivity contribution in [3.05, 3.63) is 29.3 Å². The minimum Gasteiger partial charge on any atom is -0.496 e. The van der Waals surface area contributed by atoms with E-state index in [1.54, 1.807) is 19.2 Å². The summed E-state index contributed by atoms with van der Waals surface area (Å²) in [5, 5.41) is 2.87. The SMILES string of the molecule is COc1cc(CCl)ccc1C(=O)NC1CCCCO1. The third-order valence-electron chi connectivity index (χ3n) is 3.14. The van der Waals surface area contributed by atoms with Crippen molar-refractivity contribution in [1.29, 1.82) is 0 Å². The molecule has 1 N–H and O–H groups in total. The number of amides is 1. The van der Waals surface area contributed by atoms with Gasteiger partial charge in [-0.25, -0.2) is 0 Å². The zero-order valence-electron chi connectivity index (χ0n) is 10.9. The molecule has 0 aromatic heterocycles. The summed E-state index contributed by atoms with van der Waals surface area (Å²) in [4.78, 5) is 12.2. The van der Waals surface area contributed by atoms with Crippen molar-refractivity contribution in [1.82, 2.24) is 5.32 Å². The molecule has 0 bridgehead atoms. The molecule has 1 aliphatic rings. The molecule has 0 aliphatic carbocycles. The maximum absolute atomic E-state index is 12.2. The number of carbonyl (C=O) groups excluding carboxylic acids is 1. The Hall–Kier alpha value is -1.26. The Morgan fingerprint density at radius 1 is 1.53 bits per heavy atom. The average molecular weight is 284 g/mol. The van der Waals surface area contributed by atoms with Gasteiger partial charge in [-0.15, -0.1) is 11.6 Å². The van der Waals surface area contributed by atoms with E-state index in [4.69, 9.17) is 21.1 Å². The van der Waals surface area contributed by atoms with E-state index in [1.807, 2.05) is 6.07 Å². The molecule has 5 heteroatoms. The molecule has 1 atom stereocenters. The summed E-state index contributed by atoms with van der Waals surface area (Å²) in [6.07, 6.45) is 2.79. The van der Waals surface area contributed by atoms with Gasteiger partial charge in [0, 0.05) is 12.5 Å². The standard InChI is InChI=1S/C14H18ClNO3/c1-18-12-8-10(9-15)5-6-11(12)14(17)16-13-4-2-3-7-19-13/h5-6,8,13H,2-4,7,9H2,1H3,(H,16,17). The fourth-order valence-corrected chi connectivity index (χ4v) is 2.25. The molecular weight excluding hydrogens is 266 g/mol. The summed E-state index contributed by atoms with van der Waals surface area (Å²) in [5.74, 6) is 0.751. The molecule has 2 rings (SSSR count). The van der Waals surface area contributed by atoms with E-state index in [1.165, 1.54) is 0 Å². The highest BCUT2D eigenvalue weighted by Gasteiger charge is 2.19. The van der Waals surface area contributed by atoms with Crippen molar-refractivity contribution < 1.29 is 14.3 Å². The predicted octanol–water partition coefficient (Wildman–Crippen LogP) is 2.69. The Morgan fingerprint density at radius 3 is 3.00 bits per heavy atom. The average Bonchev–Trinajstić information content (AvgIpc) is 2.47. The number of alkyl halides is 1. The van der Waals surface area contributed by atoms with Crippen LogP contribution in [-0.2, 0) is 10.6 Å². The van der Waals surface area contributed by atoms with Gasteiger partial charge in [0.2, 0.25) is 0 Å². The first-order valence-electron chi connectivity index (χ1n) is 6.40. The molecule has 1 aromatic rings. The molecule has 1 fully saturated rings. The van der Waals surface area contributed by atoms with Gasteiger partial charge in [-0.2, -0.15) is 0 Å². The second-order valence-corrected chi connectivity index (χ2v) is 4.76. The normalized spacial score (nSPS) is 18.9. The summed E-state index contributed by atoms with van der Waals surface area (Å²) in [7, 11) is 1.54. The van der Waals surface area contributed by atoms with Crippen molar-refractivity contribution >= 4 is 17.5 Å². The van der Waals surface area contributed by atoms with Crippen LogP contribution in [0.4, 0.5) is 0 Å². The Morgan fingerprint density at radius 2 is 2.37 bits per heavy atom. The molecule has 1 amide bonds. The molecule has 4 nitrogen and oxygen atoms in total. The molecule has 19 heavy (non-hydrogen) atoms. The molecule has 1 aliphatic heterocycles. The molecule has 1 aromatic carbocycles. The van der Waals surface area contributed by atoms with Crippen LogP contribution in [0.15, 0.2) is 18.2 Å². The van der Waals surface area contributed by atoms with Crippen LogP contribution >= 0.6 is 11.6 Å². The lowest BCUT2D eigenvalue weighted by Crippen LogP contribution is -2.39. The van der Waals surface area contributed by atoms with Gasteiger partial charge in [-0.3, -0.25) is 4.79 Å². The number of benzene rings is 1. The fraction of sp³-hybridized carbons (Fsp3) is 0.500. The van der Waals surface area contributed by atoms with Gasteiger partial charge in [0.15, 0.2) is 0 Å². The van der Waals surface area contributed by atoms with Gasteiger partial charge in [-0.05, 0) is 37.0 Å². The van der Waals surface area contributed by atoms with Gasteiger partial charge in [-0.1, -0.05) is 6.07 Å². The Labute approximate surface area is 118 Å². The van der Waals surface area contributed by atoms with E-state index in [-0.39, 0.29) is 12.1 Å². The Bertz CT molecular complexity index is 444. The van der Waals surface area contributed by atoms with Crippen molar-refractivity contribution in [3.63, 3.8) is 0 Å². The number of rotatable bonds is 4. The minimum atomic E-state index is -0.196. The summed E-state index contributed by atoms with van der Waals surface area (Å²) in [6.45, 7) is 0.702. The number of ether oxygens (including phenoxy) is 2. The molecule has 0 radical (unpaired) electrons. The number of nitrogens with one attached hydrogen (secondary N) is 1. The Balaban J connectivity index is 2.09. The second-order valence-electron chi connectivity index (χ2n) is 4.50. The topological polar surface area (TPSA) is 47.6 Å². The van der Waals surface area contributed by atoms with Crippen LogP contribution in [0, 0.1) is 0 Å². The van der Waals surface area contributed by atoms with Crippen molar-refractivity contribution in [3.8, 4) is 5.75 Å². The lowest BCUT2D eigenvalue weighted by molar-refractivity contribution is -0.00271. The number of hydrogen-bond acceptors (Lipinski definition) is 3. The quantitative estimate of drug-likeness (QED) is 0.864. The van der Waals surface area contributed by atoms with Crippen LogP contribution in [0.2, 0.25) is 0 Å². The third kappa shape index (κ3) is 3.61. The minimum absolute atomic E-state index is 0.176. The van der Waals surface area contributed by atoms with E-state index < -0.39 is 0 Å². The van der Waals surface area contributed by atoms with Crippen molar-refractivity contribution in [2.75, 3.05) is 13.7 Å². The monoisotopic (exact) mass is 283 g/mol. The van der Waals surface area contributed by atoms with Gasteiger partial charge >= 0.3 is 0 Å². The number of halogens is 1. The summed E-state index contributed by atoms with van der Waals surface area (Å²) in [6, 6.07) is 5.34. The molecule has 1 heterocycles. The van der Waals surface area contributed by atoms with Crippen LogP contribution in [0.3, 0.4) is 0 Å². The predicted molar refractivity (Wildman–Crippen MR) is 73.6 cm³/mol. The van der Waals surface area contributed by atoms with E-state index in [0.717, 1.165) is 24.8 Å². The lowest BCUT2D eigenvalue weighted by atomic mass is 10.1. The molecule has 0 saturated carbocycles. The van der Waals surface area contributed by atoms with E-state index in [9.17, 15) is 4.79 Å². The fourth-order valence-electron chi connectivity index (χ4n) is 2.08. The lowest BCUT2D eigenvalue weighted by Gasteiger charge is -2.23. The smallest absolute Gasteiger partial charge is 0.257 e. The summed E-state index contributed by atoms with van der Waals surface area (Å²) < 4.78 is 10.7. The zero-order chi connectivity index (χ0) is 13.7. The van der Waals surface area contributed by atoms with Crippen LogP contribution in [0.1, 0.15) is 35.2 Å². The van der Waals surface area contributed by atoms with Crippen molar-refractivity contribution in [2.24, 2.45) is 0 Å². The highest BCUT2D eigenvalue weighted by atomic mass is 35.5. The number of carbonyl (C=O) groups is 1. The molecule has 104 valence electrons.